The van der Waals surface area contributed by atoms with Crippen LogP contribution in [-0.2, 0) is 0 Å². The van der Waals surface area contributed by atoms with Gasteiger partial charge in [0.2, 0.25) is 0 Å². The molecule has 0 radical (unpaired) electrons. The van der Waals surface area contributed by atoms with Gasteiger partial charge in [-0.2, -0.15) is 0 Å². The van der Waals surface area contributed by atoms with E-state index in [1.807, 2.05) is 0 Å². The van der Waals surface area contributed by atoms with Crippen molar-refractivity contribution in [2.24, 2.45) is 0 Å². The van der Waals surface area contributed by atoms with Crippen LogP contribution in [0.2, 0.25) is 5.02 Å². The van der Waals surface area contributed by atoms with Gasteiger partial charge in [-0.25, -0.2) is 4.39 Å². The largest absolute Gasteiger partial charge is 0.352 e. The van der Waals surface area contributed by atoms with Crippen LogP contribution in [0.25, 0.3) is 0 Å². The van der Waals surface area contributed by atoms with Crippen molar-refractivity contribution in [3.8, 4) is 0 Å². The number of benzene rings is 1. The standard InChI is InChI=1S/C9H9ClFNO/c1-2-12-9(13)7-5-6(10)3-4-8(7)11/h3-5H,2H2,1H3,(H,12,13). The third-order valence-corrected chi connectivity index (χ3v) is 1.75. The lowest BCUT2D eigenvalue weighted by Crippen LogP contribution is -2.23. The predicted octanol–water partition coefficient (Wildman–Crippen LogP) is 2.23. The Kier molecular flexibility index (Phi) is 3.25. The minimum absolute atomic E-state index is 0.0191. The number of amides is 1. The SMILES string of the molecule is CCNC(=O)c1cc(Cl)ccc1F. The van der Waals surface area contributed by atoms with E-state index in [4.69, 9.17) is 11.6 Å². The van der Waals surface area contributed by atoms with E-state index in [-0.39, 0.29) is 5.56 Å². The summed E-state index contributed by atoms with van der Waals surface area (Å²) in [4.78, 5) is 11.2. The van der Waals surface area contributed by atoms with Crippen LogP contribution in [0.4, 0.5) is 4.39 Å². The van der Waals surface area contributed by atoms with Crippen molar-refractivity contribution in [2.45, 2.75) is 6.92 Å². The van der Waals surface area contributed by atoms with Crippen molar-refractivity contribution >= 4 is 17.5 Å². The van der Waals surface area contributed by atoms with Gasteiger partial charge in [0.1, 0.15) is 5.82 Å². The van der Waals surface area contributed by atoms with Crippen LogP contribution in [0.1, 0.15) is 17.3 Å². The fourth-order valence-corrected chi connectivity index (χ4v) is 1.10. The second-order valence-electron chi connectivity index (χ2n) is 2.48. The van der Waals surface area contributed by atoms with Gasteiger partial charge in [-0.15, -0.1) is 0 Å². The molecule has 1 N–H and O–H groups in total. The fraction of sp³-hybridized carbons (Fsp3) is 0.222. The summed E-state index contributed by atoms with van der Waals surface area (Å²) in [5.41, 5.74) is -0.0191. The minimum atomic E-state index is -0.560. The fourth-order valence-electron chi connectivity index (χ4n) is 0.927. The first-order chi connectivity index (χ1) is 6.15. The van der Waals surface area contributed by atoms with Crippen molar-refractivity contribution < 1.29 is 9.18 Å². The third kappa shape index (κ3) is 2.42. The molecular formula is C9H9ClFNO. The highest BCUT2D eigenvalue weighted by Gasteiger charge is 2.10. The summed E-state index contributed by atoms with van der Waals surface area (Å²) in [7, 11) is 0. The molecule has 0 saturated carbocycles. The van der Waals surface area contributed by atoms with E-state index in [1.165, 1.54) is 18.2 Å². The minimum Gasteiger partial charge on any atom is -0.352 e. The van der Waals surface area contributed by atoms with E-state index in [2.05, 4.69) is 5.32 Å². The van der Waals surface area contributed by atoms with E-state index in [0.29, 0.717) is 11.6 Å². The number of hydrogen-bond donors (Lipinski definition) is 1. The first-order valence-electron chi connectivity index (χ1n) is 3.88. The molecule has 0 spiro atoms. The summed E-state index contributed by atoms with van der Waals surface area (Å²) in [6.07, 6.45) is 0. The Morgan fingerprint density at radius 3 is 2.92 bits per heavy atom. The lowest BCUT2D eigenvalue weighted by Gasteiger charge is -2.03. The molecule has 0 aliphatic heterocycles. The monoisotopic (exact) mass is 201 g/mol. The topological polar surface area (TPSA) is 29.1 Å². The van der Waals surface area contributed by atoms with E-state index in [1.54, 1.807) is 6.92 Å². The second-order valence-corrected chi connectivity index (χ2v) is 2.92. The first-order valence-corrected chi connectivity index (χ1v) is 4.26. The lowest BCUT2D eigenvalue weighted by molar-refractivity contribution is 0.0952. The summed E-state index contributed by atoms with van der Waals surface area (Å²) in [6.45, 7) is 2.23. The molecule has 0 aliphatic rings. The molecule has 13 heavy (non-hydrogen) atoms. The second kappa shape index (κ2) is 4.23. The normalized spacial score (nSPS) is 9.77. The molecular weight excluding hydrogens is 193 g/mol. The molecule has 0 atom stereocenters. The Balaban J connectivity index is 2.99. The van der Waals surface area contributed by atoms with Crippen LogP contribution in [-0.4, -0.2) is 12.5 Å². The molecule has 0 aliphatic carbocycles. The molecule has 0 unspecified atom stereocenters. The zero-order valence-electron chi connectivity index (χ0n) is 7.10. The smallest absolute Gasteiger partial charge is 0.254 e. The highest BCUT2D eigenvalue weighted by molar-refractivity contribution is 6.30. The van der Waals surface area contributed by atoms with Crippen LogP contribution in [0.15, 0.2) is 18.2 Å². The quantitative estimate of drug-likeness (QED) is 0.781. The van der Waals surface area contributed by atoms with Crippen molar-refractivity contribution in [3.63, 3.8) is 0 Å². The van der Waals surface area contributed by atoms with Gasteiger partial charge in [-0.1, -0.05) is 11.6 Å². The highest BCUT2D eigenvalue weighted by Crippen LogP contribution is 2.14. The highest BCUT2D eigenvalue weighted by atomic mass is 35.5. The Labute approximate surface area is 80.7 Å². The molecule has 0 heterocycles. The van der Waals surface area contributed by atoms with Crippen molar-refractivity contribution in [1.82, 2.24) is 5.32 Å². The average Bonchev–Trinajstić information content (AvgIpc) is 2.09. The number of hydrogen-bond acceptors (Lipinski definition) is 1. The molecule has 1 amide bonds. The average molecular weight is 202 g/mol. The van der Waals surface area contributed by atoms with Crippen LogP contribution < -0.4 is 5.32 Å². The molecule has 1 rings (SSSR count). The van der Waals surface area contributed by atoms with Crippen LogP contribution in [0, 0.1) is 5.82 Å². The summed E-state index contributed by atoms with van der Waals surface area (Å²) in [6, 6.07) is 3.88. The van der Waals surface area contributed by atoms with E-state index < -0.39 is 11.7 Å². The van der Waals surface area contributed by atoms with Gasteiger partial charge in [0.25, 0.3) is 5.91 Å². The van der Waals surface area contributed by atoms with Gasteiger partial charge in [-0.3, -0.25) is 4.79 Å². The molecule has 4 heteroatoms. The summed E-state index contributed by atoms with van der Waals surface area (Å²) >= 11 is 5.61. The Morgan fingerprint density at radius 2 is 2.31 bits per heavy atom. The molecule has 1 aromatic rings. The van der Waals surface area contributed by atoms with Gasteiger partial charge in [0, 0.05) is 11.6 Å². The number of nitrogens with one attached hydrogen (secondary N) is 1. The molecule has 0 aromatic heterocycles. The predicted molar refractivity (Wildman–Crippen MR) is 49.4 cm³/mol. The van der Waals surface area contributed by atoms with E-state index in [9.17, 15) is 9.18 Å². The van der Waals surface area contributed by atoms with Crippen molar-refractivity contribution in [3.05, 3.63) is 34.6 Å². The Hall–Kier alpha value is -1.09. The Morgan fingerprint density at radius 1 is 1.62 bits per heavy atom. The van der Waals surface area contributed by atoms with Gasteiger partial charge >= 0.3 is 0 Å². The van der Waals surface area contributed by atoms with Crippen LogP contribution >= 0.6 is 11.6 Å². The maximum Gasteiger partial charge on any atom is 0.254 e. The third-order valence-electron chi connectivity index (χ3n) is 1.51. The lowest BCUT2D eigenvalue weighted by atomic mass is 10.2. The number of halogens is 2. The summed E-state index contributed by atoms with van der Waals surface area (Å²) < 4.78 is 13.0. The number of carbonyl (C=O) groups is 1. The van der Waals surface area contributed by atoms with Crippen LogP contribution in [0.3, 0.4) is 0 Å². The molecule has 1 aromatic carbocycles. The zero-order chi connectivity index (χ0) is 9.84. The number of rotatable bonds is 2. The molecule has 0 bridgehead atoms. The van der Waals surface area contributed by atoms with Gasteiger partial charge in [0.15, 0.2) is 0 Å². The van der Waals surface area contributed by atoms with Gasteiger partial charge in [-0.05, 0) is 25.1 Å². The molecule has 70 valence electrons. The number of carbonyl (C=O) groups excluding carboxylic acids is 1. The zero-order valence-corrected chi connectivity index (χ0v) is 7.86. The van der Waals surface area contributed by atoms with Crippen molar-refractivity contribution in [1.29, 1.82) is 0 Å². The van der Waals surface area contributed by atoms with Gasteiger partial charge < -0.3 is 5.32 Å². The molecule has 0 saturated heterocycles. The molecule has 2 nitrogen and oxygen atoms in total. The van der Waals surface area contributed by atoms with Crippen molar-refractivity contribution in [2.75, 3.05) is 6.54 Å². The first kappa shape index (κ1) is 9.99. The maximum absolute atomic E-state index is 13.0. The summed E-state index contributed by atoms with van der Waals surface area (Å²) in [5.74, 6) is -1.00. The summed E-state index contributed by atoms with van der Waals surface area (Å²) in [5, 5.41) is 2.84. The van der Waals surface area contributed by atoms with E-state index in [0.717, 1.165) is 0 Å². The maximum atomic E-state index is 13.0. The molecule has 0 fully saturated rings. The van der Waals surface area contributed by atoms with Gasteiger partial charge in [0.05, 0.1) is 5.56 Å². The van der Waals surface area contributed by atoms with Crippen LogP contribution in [0.5, 0.6) is 0 Å². The Bertz CT molecular complexity index is 327. The van der Waals surface area contributed by atoms with E-state index >= 15 is 0 Å².